The fourth-order valence-corrected chi connectivity index (χ4v) is 2.80. The third kappa shape index (κ3) is 4.15. The Morgan fingerprint density at radius 1 is 1.19 bits per heavy atom. The van der Waals surface area contributed by atoms with Gasteiger partial charge in [-0.25, -0.2) is 4.98 Å². The Kier molecular flexibility index (Phi) is 5.53. The van der Waals surface area contributed by atoms with Gasteiger partial charge in [0.1, 0.15) is 17.6 Å². The van der Waals surface area contributed by atoms with Gasteiger partial charge in [-0.2, -0.15) is 5.26 Å². The molecule has 0 aliphatic rings. The largest absolute Gasteiger partial charge is 0.496 e. The summed E-state index contributed by atoms with van der Waals surface area (Å²) in [7, 11) is 1.53. The fraction of sp³-hybridized carbons (Fsp3) is 0.190. The first-order chi connectivity index (χ1) is 13.1. The average Bonchev–Trinajstić information content (AvgIpc) is 2.70. The van der Waals surface area contributed by atoms with Crippen molar-refractivity contribution in [2.45, 2.75) is 6.92 Å². The third-order valence-corrected chi connectivity index (χ3v) is 4.15. The molecular formula is C21H20N4O2. The lowest BCUT2D eigenvalue weighted by atomic mass is 10.1. The van der Waals surface area contributed by atoms with Crippen molar-refractivity contribution in [3.63, 3.8) is 0 Å². The molecule has 0 saturated carbocycles. The molecule has 2 aromatic carbocycles. The summed E-state index contributed by atoms with van der Waals surface area (Å²) in [5.74, 6) is 0.832. The van der Waals surface area contributed by atoms with Crippen LogP contribution in [0.5, 0.6) is 5.75 Å². The summed E-state index contributed by atoms with van der Waals surface area (Å²) >= 11 is 0. The molecule has 27 heavy (non-hydrogen) atoms. The Bertz CT molecular complexity index is 1020. The Hall–Kier alpha value is -3.59. The zero-order valence-corrected chi connectivity index (χ0v) is 15.2. The van der Waals surface area contributed by atoms with Gasteiger partial charge in [-0.15, -0.1) is 0 Å². The van der Waals surface area contributed by atoms with Crippen LogP contribution in [0.1, 0.15) is 21.5 Å². The lowest BCUT2D eigenvalue weighted by molar-refractivity contribution is 0.0952. The zero-order chi connectivity index (χ0) is 19.2. The van der Waals surface area contributed by atoms with E-state index < -0.39 is 0 Å². The van der Waals surface area contributed by atoms with E-state index in [0.717, 1.165) is 16.5 Å². The van der Waals surface area contributed by atoms with E-state index in [4.69, 9.17) is 4.74 Å². The van der Waals surface area contributed by atoms with Crippen molar-refractivity contribution in [1.29, 1.82) is 5.26 Å². The number of anilines is 1. The van der Waals surface area contributed by atoms with Gasteiger partial charge >= 0.3 is 0 Å². The number of ether oxygens (including phenoxy) is 1. The van der Waals surface area contributed by atoms with Crippen molar-refractivity contribution in [2.24, 2.45) is 0 Å². The Morgan fingerprint density at radius 2 is 2.00 bits per heavy atom. The molecule has 0 spiro atoms. The number of fused-ring (bicyclic) bond motifs is 1. The number of pyridine rings is 1. The highest BCUT2D eigenvalue weighted by molar-refractivity contribution is 5.96. The second-order valence-corrected chi connectivity index (χ2v) is 6.08. The monoisotopic (exact) mass is 360 g/mol. The van der Waals surface area contributed by atoms with Crippen LogP contribution >= 0.6 is 0 Å². The minimum absolute atomic E-state index is 0.211. The van der Waals surface area contributed by atoms with Crippen molar-refractivity contribution in [1.82, 2.24) is 10.3 Å². The van der Waals surface area contributed by atoms with Gasteiger partial charge in [-0.1, -0.05) is 23.8 Å². The van der Waals surface area contributed by atoms with Crippen LogP contribution < -0.4 is 15.4 Å². The van der Waals surface area contributed by atoms with Crippen LogP contribution in [-0.4, -0.2) is 31.1 Å². The molecule has 6 heteroatoms. The number of hydrogen-bond donors (Lipinski definition) is 2. The molecule has 1 aromatic heterocycles. The molecule has 3 aromatic rings. The zero-order valence-electron chi connectivity index (χ0n) is 15.2. The molecule has 1 heterocycles. The quantitative estimate of drug-likeness (QED) is 0.659. The second kappa shape index (κ2) is 8.19. The molecule has 136 valence electrons. The number of amides is 1. The number of aryl methyl sites for hydroxylation is 1. The molecule has 1 amide bonds. The van der Waals surface area contributed by atoms with E-state index in [1.807, 2.05) is 37.3 Å². The molecular weight excluding hydrogens is 340 g/mol. The van der Waals surface area contributed by atoms with Crippen LogP contribution in [0.25, 0.3) is 10.9 Å². The topological polar surface area (TPSA) is 87.0 Å². The number of nitriles is 1. The van der Waals surface area contributed by atoms with Crippen LogP contribution in [0.4, 0.5) is 5.82 Å². The molecule has 0 unspecified atom stereocenters. The van der Waals surface area contributed by atoms with Crippen LogP contribution in [-0.2, 0) is 0 Å². The van der Waals surface area contributed by atoms with Crippen molar-refractivity contribution < 1.29 is 9.53 Å². The highest BCUT2D eigenvalue weighted by Gasteiger charge is 2.11. The molecule has 0 bridgehead atoms. The molecule has 0 radical (unpaired) electrons. The van der Waals surface area contributed by atoms with E-state index in [2.05, 4.69) is 21.7 Å². The van der Waals surface area contributed by atoms with Crippen molar-refractivity contribution in [2.75, 3.05) is 25.5 Å². The smallest absolute Gasteiger partial charge is 0.255 e. The maximum atomic E-state index is 12.3. The standard InChI is InChI=1S/C21H20N4O2/c1-14-7-8-18-15(11-14)12-16(13-22)20(25-18)23-9-10-24-21(26)17-5-3-4-6-19(17)27-2/h3-8,11-12H,9-10H2,1-2H3,(H,23,25)(H,24,26). The number of methoxy groups -OCH3 is 1. The van der Waals surface area contributed by atoms with Gasteiger partial charge in [-0.3, -0.25) is 4.79 Å². The minimum Gasteiger partial charge on any atom is -0.496 e. The van der Waals surface area contributed by atoms with Crippen molar-refractivity contribution in [3.8, 4) is 11.8 Å². The van der Waals surface area contributed by atoms with Gasteiger partial charge in [0.2, 0.25) is 0 Å². The maximum absolute atomic E-state index is 12.3. The van der Waals surface area contributed by atoms with Crippen LogP contribution in [0.15, 0.2) is 48.5 Å². The number of para-hydroxylation sites is 1. The molecule has 0 aliphatic carbocycles. The van der Waals surface area contributed by atoms with Gasteiger partial charge in [0, 0.05) is 18.5 Å². The molecule has 0 aliphatic heterocycles. The summed E-state index contributed by atoms with van der Waals surface area (Å²) in [6.45, 7) is 2.83. The molecule has 0 fully saturated rings. The summed E-state index contributed by atoms with van der Waals surface area (Å²) in [4.78, 5) is 16.8. The number of carbonyl (C=O) groups excluding carboxylic acids is 1. The van der Waals surface area contributed by atoms with E-state index in [1.165, 1.54) is 7.11 Å². The van der Waals surface area contributed by atoms with Gasteiger partial charge in [0.05, 0.1) is 23.8 Å². The average molecular weight is 360 g/mol. The predicted molar refractivity (Wildman–Crippen MR) is 105 cm³/mol. The number of nitrogens with one attached hydrogen (secondary N) is 2. The SMILES string of the molecule is COc1ccccc1C(=O)NCCNc1nc2ccc(C)cc2cc1C#N. The predicted octanol–water partition coefficient (Wildman–Crippen LogP) is 3.27. The van der Waals surface area contributed by atoms with Crippen molar-refractivity contribution in [3.05, 3.63) is 65.2 Å². The van der Waals surface area contributed by atoms with Crippen LogP contribution in [0, 0.1) is 18.3 Å². The number of hydrogen-bond acceptors (Lipinski definition) is 5. The highest BCUT2D eigenvalue weighted by Crippen LogP contribution is 2.21. The number of carbonyl (C=O) groups is 1. The van der Waals surface area contributed by atoms with E-state index in [9.17, 15) is 10.1 Å². The Balaban J connectivity index is 1.64. The molecule has 0 atom stereocenters. The molecule has 2 N–H and O–H groups in total. The third-order valence-electron chi connectivity index (χ3n) is 4.15. The summed E-state index contributed by atoms with van der Waals surface area (Å²) in [6.07, 6.45) is 0. The van der Waals surface area contributed by atoms with Gasteiger partial charge in [0.15, 0.2) is 0 Å². The second-order valence-electron chi connectivity index (χ2n) is 6.08. The van der Waals surface area contributed by atoms with Crippen LogP contribution in [0.3, 0.4) is 0 Å². The molecule has 0 saturated heterocycles. The van der Waals surface area contributed by atoms with Crippen molar-refractivity contribution >= 4 is 22.6 Å². The summed E-state index contributed by atoms with van der Waals surface area (Å²) in [6, 6.07) is 17.0. The first kappa shape index (κ1) is 18.2. The van der Waals surface area contributed by atoms with E-state index in [1.54, 1.807) is 18.2 Å². The summed E-state index contributed by atoms with van der Waals surface area (Å²) in [5, 5.41) is 16.3. The normalized spacial score (nSPS) is 10.3. The first-order valence-corrected chi connectivity index (χ1v) is 8.59. The minimum atomic E-state index is -0.211. The van der Waals surface area contributed by atoms with Gasteiger partial charge < -0.3 is 15.4 Å². The number of rotatable bonds is 6. The summed E-state index contributed by atoms with van der Waals surface area (Å²) < 4.78 is 5.20. The van der Waals surface area contributed by atoms with Gasteiger partial charge in [-0.05, 0) is 37.3 Å². The van der Waals surface area contributed by atoms with E-state index in [-0.39, 0.29) is 5.91 Å². The summed E-state index contributed by atoms with van der Waals surface area (Å²) in [5.41, 5.74) is 2.90. The molecule has 6 nitrogen and oxygen atoms in total. The van der Waals surface area contributed by atoms with Gasteiger partial charge in [0.25, 0.3) is 5.91 Å². The maximum Gasteiger partial charge on any atom is 0.255 e. The van der Waals surface area contributed by atoms with Crippen LogP contribution in [0.2, 0.25) is 0 Å². The number of aromatic nitrogens is 1. The molecule has 3 rings (SSSR count). The number of benzene rings is 2. The van der Waals surface area contributed by atoms with E-state index >= 15 is 0 Å². The lowest BCUT2D eigenvalue weighted by Crippen LogP contribution is -2.29. The number of nitrogens with zero attached hydrogens (tertiary/aromatic N) is 2. The lowest BCUT2D eigenvalue weighted by Gasteiger charge is -2.11. The Labute approximate surface area is 157 Å². The fourth-order valence-electron chi connectivity index (χ4n) is 2.80. The first-order valence-electron chi connectivity index (χ1n) is 8.59. The van der Waals surface area contributed by atoms with E-state index in [0.29, 0.717) is 35.8 Å². The highest BCUT2D eigenvalue weighted by atomic mass is 16.5. The Morgan fingerprint density at radius 3 is 2.78 bits per heavy atom.